The van der Waals surface area contributed by atoms with Gasteiger partial charge in [0.25, 0.3) is 0 Å². The number of benzene rings is 2. The minimum Gasteiger partial charge on any atom is -0.496 e. The number of carbonyl (C=O) groups is 2. The Hall–Kier alpha value is -2.82. The molecule has 5 heteroatoms. The first-order valence-corrected chi connectivity index (χ1v) is 7.72. The Morgan fingerprint density at radius 2 is 1.67 bits per heavy atom. The van der Waals surface area contributed by atoms with Gasteiger partial charge in [0.15, 0.2) is 0 Å². The number of nitrogens with one attached hydrogen (secondary N) is 1. The molecule has 2 aromatic rings. The van der Waals surface area contributed by atoms with Crippen LogP contribution in [-0.4, -0.2) is 30.9 Å². The largest absolute Gasteiger partial charge is 0.496 e. The number of amides is 2. The van der Waals surface area contributed by atoms with Crippen molar-refractivity contribution in [2.24, 2.45) is 0 Å². The minimum absolute atomic E-state index is 0.0230. The zero-order valence-electron chi connectivity index (χ0n) is 14.2. The van der Waals surface area contributed by atoms with Gasteiger partial charge in [-0.15, -0.1) is 0 Å². The van der Waals surface area contributed by atoms with Crippen LogP contribution in [-0.2, 0) is 22.6 Å². The average molecular weight is 326 g/mol. The van der Waals surface area contributed by atoms with Crippen LogP contribution in [0.1, 0.15) is 18.1 Å². The number of carbonyl (C=O) groups excluding carboxylic acids is 2. The molecule has 0 saturated heterocycles. The SMILES string of the molecule is COc1ccccc1CC(=O)Nc1ccccc1CN(C)C(C)=O. The topological polar surface area (TPSA) is 58.6 Å². The lowest BCUT2D eigenvalue weighted by molar-refractivity contribution is -0.128. The van der Waals surface area contributed by atoms with Gasteiger partial charge in [0, 0.05) is 31.8 Å². The Kier molecular flexibility index (Phi) is 5.95. The number of methoxy groups -OCH3 is 1. The fourth-order valence-electron chi connectivity index (χ4n) is 2.36. The second-order valence-electron chi connectivity index (χ2n) is 5.57. The third-order valence-electron chi connectivity index (χ3n) is 3.78. The Morgan fingerprint density at radius 1 is 1.04 bits per heavy atom. The number of para-hydroxylation sites is 2. The molecule has 0 atom stereocenters. The maximum atomic E-state index is 12.4. The van der Waals surface area contributed by atoms with E-state index >= 15 is 0 Å². The molecular formula is C19H22N2O3. The molecule has 0 saturated carbocycles. The monoisotopic (exact) mass is 326 g/mol. The van der Waals surface area contributed by atoms with Gasteiger partial charge in [0.1, 0.15) is 5.75 Å². The smallest absolute Gasteiger partial charge is 0.228 e. The van der Waals surface area contributed by atoms with E-state index in [1.165, 1.54) is 6.92 Å². The lowest BCUT2D eigenvalue weighted by atomic mass is 10.1. The maximum Gasteiger partial charge on any atom is 0.228 e. The highest BCUT2D eigenvalue weighted by molar-refractivity contribution is 5.93. The average Bonchev–Trinajstić information content (AvgIpc) is 2.57. The first kappa shape index (κ1) is 17.5. The van der Waals surface area contributed by atoms with Gasteiger partial charge >= 0.3 is 0 Å². The summed E-state index contributed by atoms with van der Waals surface area (Å²) in [5.41, 5.74) is 2.44. The predicted molar refractivity (Wildman–Crippen MR) is 93.9 cm³/mol. The Bertz CT molecular complexity index is 728. The van der Waals surface area contributed by atoms with Crippen molar-refractivity contribution in [2.45, 2.75) is 19.9 Å². The van der Waals surface area contributed by atoms with Crippen LogP contribution in [0.3, 0.4) is 0 Å². The van der Waals surface area contributed by atoms with E-state index in [-0.39, 0.29) is 18.2 Å². The molecule has 0 radical (unpaired) electrons. The van der Waals surface area contributed by atoms with E-state index in [9.17, 15) is 9.59 Å². The number of hydrogen-bond donors (Lipinski definition) is 1. The van der Waals surface area contributed by atoms with E-state index in [1.54, 1.807) is 19.1 Å². The van der Waals surface area contributed by atoms with Crippen LogP contribution in [0.15, 0.2) is 48.5 Å². The van der Waals surface area contributed by atoms with Crippen LogP contribution in [0.25, 0.3) is 0 Å². The van der Waals surface area contributed by atoms with E-state index in [4.69, 9.17) is 4.74 Å². The van der Waals surface area contributed by atoms with Gasteiger partial charge in [-0.2, -0.15) is 0 Å². The predicted octanol–water partition coefficient (Wildman–Crippen LogP) is 2.85. The Balaban J connectivity index is 2.10. The van der Waals surface area contributed by atoms with Gasteiger partial charge in [0.2, 0.25) is 11.8 Å². The molecule has 2 amide bonds. The molecule has 126 valence electrons. The fourth-order valence-corrected chi connectivity index (χ4v) is 2.36. The minimum atomic E-state index is -0.127. The second-order valence-corrected chi connectivity index (χ2v) is 5.57. The molecule has 0 unspecified atom stereocenters. The summed E-state index contributed by atoms with van der Waals surface area (Å²) in [4.78, 5) is 25.4. The highest BCUT2D eigenvalue weighted by Gasteiger charge is 2.12. The summed E-state index contributed by atoms with van der Waals surface area (Å²) in [5.74, 6) is 0.542. The third kappa shape index (κ3) is 4.59. The maximum absolute atomic E-state index is 12.4. The summed E-state index contributed by atoms with van der Waals surface area (Å²) >= 11 is 0. The molecule has 0 aromatic heterocycles. The lowest BCUT2D eigenvalue weighted by Crippen LogP contribution is -2.24. The summed E-state index contributed by atoms with van der Waals surface area (Å²) in [5, 5.41) is 2.92. The van der Waals surface area contributed by atoms with Crippen molar-refractivity contribution in [1.82, 2.24) is 4.90 Å². The molecule has 0 aliphatic heterocycles. The zero-order chi connectivity index (χ0) is 17.5. The molecule has 2 aromatic carbocycles. The number of ether oxygens (including phenoxy) is 1. The standard InChI is InChI=1S/C19H22N2O3/c1-14(22)21(2)13-16-9-4-6-10-17(16)20-19(23)12-15-8-5-7-11-18(15)24-3/h4-11H,12-13H2,1-3H3,(H,20,23). The van der Waals surface area contributed by atoms with Gasteiger partial charge in [-0.1, -0.05) is 36.4 Å². The van der Waals surface area contributed by atoms with Crippen LogP contribution in [0, 0.1) is 0 Å². The molecule has 24 heavy (non-hydrogen) atoms. The fraction of sp³-hybridized carbons (Fsp3) is 0.263. The second kappa shape index (κ2) is 8.15. The normalized spacial score (nSPS) is 10.1. The molecule has 0 spiro atoms. The molecule has 0 bridgehead atoms. The number of anilines is 1. The molecule has 0 fully saturated rings. The van der Waals surface area contributed by atoms with E-state index < -0.39 is 0 Å². The molecule has 0 aliphatic carbocycles. The quantitative estimate of drug-likeness (QED) is 0.888. The van der Waals surface area contributed by atoms with Crippen LogP contribution in [0.2, 0.25) is 0 Å². The van der Waals surface area contributed by atoms with E-state index in [1.807, 2.05) is 48.5 Å². The zero-order valence-corrected chi connectivity index (χ0v) is 14.2. The molecule has 1 N–H and O–H groups in total. The van der Waals surface area contributed by atoms with Crippen molar-refractivity contribution in [3.8, 4) is 5.75 Å². The summed E-state index contributed by atoms with van der Waals surface area (Å²) in [6, 6.07) is 14.9. The van der Waals surface area contributed by atoms with Gasteiger partial charge in [-0.3, -0.25) is 9.59 Å². The lowest BCUT2D eigenvalue weighted by Gasteiger charge is -2.18. The highest BCUT2D eigenvalue weighted by Crippen LogP contribution is 2.20. The van der Waals surface area contributed by atoms with Gasteiger partial charge in [-0.05, 0) is 17.7 Å². The number of nitrogens with zero attached hydrogens (tertiary/aromatic N) is 1. The van der Waals surface area contributed by atoms with Crippen molar-refractivity contribution in [3.05, 3.63) is 59.7 Å². The Morgan fingerprint density at radius 3 is 2.33 bits per heavy atom. The molecule has 2 rings (SSSR count). The van der Waals surface area contributed by atoms with E-state index in [0.29, 0.717) is 18.0 Å². The first-order valence-electron chi connectivity index (χ1n) is 7.72. The van der Waals surface area contributed by atoms with Crippen LogP contribution in [0.4, 0.5) is 5.69 Å². The third-order valence-corrected chi connectivity index (χ3v) is 3.78. The number of rotatable bonds is 6. The van der Waals surface area contributed by atoms with Crippen molar-refractivity contribution in [3.63, 3.8) is 0 Å². The molecule has 5 nitrogen and oxygen atoms in total. The van der Waals surface area contributed by atoms with Crippen LogP contribution < -0.4 is 10.1 Å². The van der Waals surface area contributed by atoms with Crippen molar-refractivity contribution in [2.75, 3.05) is 19.5 Å². The van der Waals surface area contributed by atoms with Crippen molar-refractivity contribution in [1.29, 1.82) is 0 Å². The first-order chi connectivity index (χ1) is 11.5. The summed E-state index contributed by atoms with van der Waals surface area (Å²) < 4.78 is 5.27. The van der Waals surface area contributed by atoms with Crippen LogP contribution >= 0.6 is 0 Å². The van der Waals surface area contributed by atoms with Crippen LogP contribution in [0.5, 0.6) is 5.75 Å². The molecule has 0 heterocycles. The summed E-state index contributed by atoms with van der Waals surface area (Å²) in [6.07, 6.45) is 0.223. The van der Waals surface area contributed by atoms with Gasteiger partial charge < -0.3 is 15.0 Å². The Labute approximate surface area is 142 Å². The van der Waals surface area contributed by atoms with E-state index in [0.717, 1.165) is 11.1 Å². The van der Waals surface area contributed by atoms with Crippen molar-refractivity contribution >= 4 is 17.5 Å². The molecule has 0 aliphatic rings. The van der Waals surface area contributed by atoms with Gasteiger partial charge in [0.05, 0.1) is 13.5 Å². The van der Waals surface area contributed by atoms with Crippen molar-refractivity contribution < 1.29 is 14.3 Å². The molecular weight excluding hydrogens is 304 g/mol. The summed E-state index contributed by atoms with van der Waals surface area (Å²) in [6.45, 7) is 1.96. The summed E-state index contributed by atoms with van der Waals surface area (Å²) in [7, 11) is 3.32. The highest BCUT2D eigenvalue weighted by atomic mass is 16.5. The van der Waals surface area contributed by atoms with Gasteiger partial charge in [-0.25, -0.2) is 0 Å². The van der Waals surface area contributed by atoms with E-state index in [2.05, 4.69) is 5.32 Å². The number of hydrogen-bond acceptors (Lipinski definition) is 3.